The SMILES string of the molecule is FC(F)(F)c1ccc(COC2CNC2)cc1. The third-order valence-corrected chi connectivity index (χ3v) is 2.51. The highest BCUT2D eigenvalue weighted by Crippen LogP contribution is 2.29. The number of benzene rings is 1. The van der Waals surface area contributed by atoms with Crippen LogP contribution >= 0.6 is 0 Å². The molecule has 1 saturated heterocycles. The zero-order valence-electron chi connectivity index (χ0n) is 8.55. The van der Waals surface area contributed by atoms with E-state index < -0.39 is 11.7 Å². The summed E-state index contributed by atoms with van der Waals surface area (Å²) < 4.78 is 42.2. The van der Waals surface area contributed by atoms with Crippen molar-refractivity contribution in [1.29, 1.82) is 0 Å². The fraction of sp³-hybridized carbons (Fsp3) is 0.455. The minimum atomic E-state index is -4.27. The number of hydrogen-bond acceptors (Lipinski definition) is 2. The van der Waals surface area contributed by atoms with Crippen LogP contribution in [0.2, 0.25) is 0 Å². The van der Waals surface area contributed by atoms with E-state index in [0.29, 0.717) is 6.61 Å². The number of hydrogen-bond donors (Lipinski definition) is 1. The van der Waals surface area contributed by atoms with Gasteiger partial charge in [0, 0.05) is 13.1 Å². The molecule has 0 saturated carbocycles. The molecule has 1 aliphatic rings. The summed E-state index contributed by atoms with van der Waals surface area (Å²) in [6.07, 6.45) is -4.07. The highest BCUT2D eigenvalue weighted by atomic mass is 19.4. The highest BCUT2D eigenvalue weighted by Gasteiger charge is 2.29. The Morgan fingerprint density at radius 2 is 1.81 bits per heavy atom. The van der Waals surface area contributed by atoms with E-state index in [-0.39, 0.29) is 6.10 Å². The van der Waals surface area contributed by atoms with E-state index in [1.165, 1.54) is 12.1 Å². The molecule has 1 aromatic rings. The van der Waals surface area contributed by atoms with Gasteiger partial charge >= 0.3 is 6.18 Å². The summed E-state index contributed by atoms with van der Waals surface area (Å²) in [4.78, 5) is 0. The Morgan fingerprint density at radius 3 is 2.25 bits per heavy atom. The summed E-state index contributed by atoms with van der Waals surface area (Å²) in [7, 11) is 0. The van der Waals surface area contributed by atoms with Crippen molar-refractivity contribution < 1.29 is 17.9 Å². The molecule has 88 valence electrons. The molecule has 0 spiro atoms. The van der Waals surface area contributed by atoms with Gasteiger partial charge in [-0.15, -0.1) is 0 Å². The van der Waals surface area contributed by atoms with Crippen LogP contribution in [0.15, 0.2) is 24.3 Å². The molecule has 0 bridgehead atoms. The van der Waals surface area contributed by atoms with Crippen LogP contribution in [0.5, 0.6) is 0 Å². The van der Waals surface area contributed by atoms with Gasteiger partial charge in [-0.25, -0.2) is 0 Å². The van der Waals surface area contributed by atoms with Crippen molar-refractivity contribution in [3.63, 3.8) is 0 Å². The van der Waals surface area contributed by atoms with E-state index >= 15 is 0 Å². The van der Waals surface area contributed by atoms with Gasteiger partial charge in [-0.2, -0.15) is 13.2 Å². The van der Waals surface area contributed by atoms with Crippen molar-refractivity contribution in [2.75, 3.05) is 13.1 Å². The monoisotopic (exact) mass is 231 g/mol. The quantitative estimate of drug-likeness (QED) is 0.861. The second kappa shape index (κ2) is 4.43. The van der Waals surface area contributed by atoms with E-state index in [1.54, 1.807) is 0 Å². The first-order chi connectivity index (χ1) is 7.55. The Morgan fingerprint density at radius 1 is 1.19 bits per heavy atom. The van der Waals surface area contributed by atoms with Gasteiger partial charge < -0.3 is 10.1 Å². The molecule has 16 heavy (non-hydrogen) atoms. The lowest BCUT2D eigenvalue weighted by Gasteiger charge is -2.27. The van der Waals surface area contributed by atoms with Gasteiger partial charge in [0.15, 0.2) is 0 Å². The molecule has 2 nitrogen and oxygen atoms in total. The van der Waals surface area contributed by atoms with Gasteiger partial charge in [-0.3, -0.25) is 0 Å². The Bertz CT molecular complexity index is 343. The zero-order valence-corrected chi connectivity index (χ0v) is 8.55. The summed E-state index contributed by atoms with van der Waals surface area (Å²) in [5.41, 5.74) is 0.140. The summed E-state index contributed by atoms with van der Waals surface area (Å²) in [5, 5.41) is 3.05. The molecule has 1 N–H and O–H groups in total. The van der Waals surface area contributed by atoms with E-state index in [0.717, 1.165) is 30.8 Å². The molecular weight excluding hydrogens is 219 g/mol. The van der Waals surface area contributed by atoms with Crippen LogP contribution in [0, 0.1) is 0 Å². The minimum Gasteiger partial charge on any atom is -0.371 e. The van der Waals surface area contributed by atoms with Crippen LogP contribution in [-0.4, -0.2) is 19.2 Å². The number of rotatable bonds is 3. The molecule has 1 aromatic carbocycles. The maximum Gasteiger partial charge on any atom is 0.416 e. The second-order valence-corrected chi connectivity index (χ2v) is 3.79. The van der Waals surface area contributed by atoms with Gasteiger partial charge in [0.05, 0.1) is 18.3 Å². The first-order valence-electron chi connectivity index (χ1n) is 5.04. The van der Waals surface area contributed by atoms with Crippen LogP contribution in [0.3, 0.4) is 0 Å². The van der Waals surface area contributed by atoms with Crippen LogP contribution in [0.4, 0.5) is 13.2 Å². The molecule has 1 aliphatic heterocycles. The maximum atomic E-state index is 12.3. The predicted octanol–water partition coefficient (Wildman–Crippen LogP) is 2.19. The summed E-state index contributed by atoms with van der Waals surface area (Å²) in [5.74, 6) is 0. The zero-order chi connectivity index (χ0) is 11.6. The lowest BCUT2D eigenvalue weighted by atomic mass is 10.1. The van der Waals surface area contributed by atoms with Crippen LogP contribution in [0.1, 0.15) is 11.1 Å². The molecular formula is C11H12F3NO. The standard InChI is InChI=1S/C11H12F3NO/c12-11(13,14)9-3-1-8(2-4-9)7-16-10-5-15-6-10/h1-4,10,15H,5-7H2. The normalized spacial score (nSPS) is 17.2. The van der Waals surface area contributed by atoms with Gasteiger partial charge in [0.1, 0.15) is 0 Å². The molecule has 2 rings (SSSR count). The number of ether oxygens (including phenoxy) is 1. The van der Waals surface area contributed by atoms with Crippen molar-refractivity contribution in [2.45, 2.75) is 18.9 Å². The van der Waals surface area contributed by atoms with Crippen molar-refractivity contribution in [3.8, 4) is 0 Å². The van der Waals surface area contributed by atoms with E-state index in [2.05, 4.69) is 5.32 Å². The molecule has 0 atom stereocenters. The van der Waals surface area contributed by atoms with Gasteiger partial charge in [-0.05, 0) is 17.7 Å². The maximum absolute atomic E-state index is 12.3. The van der Waals surface area contributed by atoms with Crippen LogP contribution in [0.25, 0.3) is 0 Å². The number of nitrogens with one attached hydrogen (secondary N) is 1. The fourth-order valence-electron chi connectivity index (χ4n) is 1.38. The predicted molar refractivity (Wildman–Crippen MR) is 52.9 cm³/mol. The molecule has 1 fully saturated rings. The van der Waals surface area contributed by atoms with Crippen LogP contribution in [-0.2, 0) is 17.5 Å². The molecule has 0 radical (unpaired) electrons. The molecule has 0 amide bonds. The highest BCUT2D eigenvalue weighted by molar-refractivity contribution is 5.24. The topological polar surface area (TPSA) is 21.3 Å². The van der Waals surface area contributed by atoms with Crippen molar-refractivity contribution in [3.05, 3.63) is 35.4 Å². The van der Waals surface area contributed by atoms with Crippen molar-refractivity contribution in [1.82, 2.24) is 5.32 Å². The fourth-order valence-corrected chi connectivity index (χ4v) is 1.38. The largest absolute Gasteiger partial charge is 0.416 e. The van der Waals surface area contributed by atoms with Crippen molar-refractivity contribution >= 4 is 0 Å². The van der Waals surface area contributed by atoms with Gasteiger partial charge in [0.25, 0.3) is 0 Å². The Labute approximate surface area is 91.4 Å². The summed E-state index contributed by atoms with van der Waals surface area (Å²) in [6.45, 7) is 2.01. The summed E-state index contributed by atoms with van der Waals surface area (Å²) in [6, 6.07) is 5.07. The number of alkyl halides is 3. The summed E-state index contributed by atoms with van der Waals surface area (Å²) >= 11 is 0. The van der Waals surface area contributed by atoms with Gasteiger partial charge in [-0.1, -0.05) is 12.1 Å². The third-order valence-electron chi connectivity index (χ3n) is 2.51. The molecule has 1 heterocycles. The Kier molecular flexibility index (Phi) is 3.16. The molecule has 5 heteroatoms. The van der Waals surface area contributed by atoms with E-state index in [4.69, 9.17) is 4.74 Å². The molecule has 0 unspecified atom stereocenters. The lowest BCUT2D eigenvalue weighted by Crippen LogP contribution is -2.48. The average molecular weight is 231 g/mol. The first-order valence-corrected chi connectivity index (χ1v) is 5.04. The van der Waals surface area contributed by atoms with Gasteiger partial charge in [0.2, 0.25) is 0 Å². The second-order valence-electron chi connectivity index (χ2n) is 3.79. The average Bonchev–Trinajstić information content (AvgIpc) is 2.15. The Hall–Kier alpha value is -1.07. The Balaban J connectivity index is 1.91. The molecule has 0 aliphatic carbocycles. The van der Waals surface area contributed by atoms with Crippen LogP contribution < -0.4 is 5.32 Å². The first kappa shape index (κ1) is 11.4. The minimum absolute atomic E-state index is 0.197. The lowest BCUT2D eigenvalue weighted by molar-refractivity contribution is -0.137. The van der Waals surface area contributed by atoms with Crippen molar-refractivity contribution in [2.24, 2.45) is 0 Å². The smallest absolute Gasteiger partial charge is 0.371 e. The van der Waals surface area contributed by atoms with E-state index in [1.807, 2.05) is 0 Å². The number of halogens is 3. The van der Waals surface area contributed by atoms with E-state index in [9.17, 15) is 13.2 Å². The third kappa shape index (κ3) is 2.74. The molecule has 0 aromatic heterocycles.